The number of nitrogens with two attached hydrogens (primary N) is 2. The molecule has 0 fully saturated rings. The van der Waals surface area contributed by atoms with Crippen LogP contribution in [-0.4, -0.2) is 21.5 Å². The van der Waals surface area contributed by atoms with Crippen molar-refractivity contribution in [3.05, 3.63) is 27.7 Å². The Morgan fingerprint density at radius 1 is 1.29 bits per heavy atom. The second kappa shape index (κ2) is 4.28. The van der Waals surface area contributed by atoms with Gasteiger partial charge in [0.15, 0.2) is 11.4 Å². The van der Waals surface area contributed by atoms with Crippen LogP contribution in [0.25, 0.3) is 0 Å². The number of carbonyl (C=O) groups is 2. The molecular formula is C10H13N3O4. The Balaban J connectivity index is 3.75. The van der Waals surface area contributed by atoms with Crippen molar-refractivity contribution < 1.29 is 14.7 Å². The van der Waals surface area contributed by atoms with Crippen LogP contribution in [0.3, 0.4) is 0 Å². The van der Waals surface area contributed by atoms with Gasteiger partial charge in [0, 0.05) is 12.2 Å². The molecule has 0 radical (unpaired) electrons. The van der Waals surface area contributed by atoms with Crippen LogP contribution in [0.5, 0.6) is 5.75 Å². The van der Waals surface area contributed by atoms with Crippen LogP contribution in [0.4, 0.5) is 0 Å². The quantitative estimate of drug-likeness (QED) is 0.646. The number of carbonyl (C=O) groups excluding carboxylic acids is 2. The molecule has 1 heterocycles. The first kappa shape index (κ1) is 12.8. The highest BCUT2D eigenvalue weighted by Crippen LogP contribution is 2.17. The van der Waals surface area contributed by atoms with Crippen LogP contribution in [0.15, 0.2) is 11.0 Å². The molecule has 1 rings (SSSR count). The van der Waals surface area contributed by atoms with Gasteiger partial charge in [0.1, 0.15) is 5.56 Å². The first-order chi connectivity index (χ1) is 7.77. The molecule has 7 nitrogen and oxygen atoms in total. The summed E-state index contributed by atoms with van der Waals surface area (Å²) >= 11 is 0. The minimum Gasteiger partial charge on any atom is -0.503 e. The molecule has 7 heteroatoms. The van der Waals surface area contributed by atoms with Gasteiger partial charge in [-0.2, -0.15) is 0 Å². The Hall–Kier alpha value is -2.31. The Kier molecular flexibility index (Phi) is 3.21. The van der Waals surface area contributed by atoms with E-state index in [1.54, 1.807) is 13.8 Å². The van der Waals surface area contributed by atoms with Crippen LogP contribution < -0.4 is 16.9 Å². The molecule has 0 unspecified atom stereocenters. The molecule has 0 saturated heterocycles. The van der Waals surface area contributed by atoms with E-state index in [2.05, 4.69) is 0 Å². The fraction of sp³-hybridized carbons (Fsp3) is 0.300. The lowest BCUT2D eigenvalue weighted by Crippen LogP contribution is -2.29. The predicted octanol–water partition coefficient (Wildman–Crippen LogP) is -0.667. The van der Waals surface area contributed by atoms with Gasteiger partial charge in [0.05, 0.1) is 0 Å². The number of primary amides is 2. The third-order valence-electron chi connectivity index (χ3n) is 2.27. The minimum absolute atomic E-state index is 0.276. The average Bonchev–Trinajstić information content (AvgIpc) is 2.19. The SMILES string of the molecule is CC(C)n1cc(C(N)=O)c(=O)c(O)c1C(N)=O. The first-order valence-corrected chi connectivity index (χ1v) is 4.85. The molecule has 0 aliphatic rings. The van der Waals surface area contributed by atoms with Gasteiger partial charge in [-0.3, -0.25) is 14.4 Å². The van der Waals surface area contributed by atoms with Crippen molar-refractivity contribution in [2.24, 2.45) is 11.5 Å². The number of aromatic hydroxyl groups is 1. The number of amides is 2. The number of nitrogens with zero attached hydrogens (tertiary/aromatic N) is 1. The van der Waals surface area contributed by atoms with Crippen molar-refractivity contribution in [1.82, 2.24) is 4.57 Å². The maximum absolute atomic E-state index is 11.5. The summed E-state index contributed by atoms with van der Waals surface area (Å²) in [5.41, 5.74) is 8.35. The fourth-order valence-electron chi connectivity index (χ4n) is 1.45. The highest BCUT2D eigenvalue weighted by Gasteiger charge is 2.22. The highest BCUT2D eigenvalue weighted by molar-refractivity contribution is 5.97. The summed E-state index contributed by atoms with van der Waals surface area (Å²) in [5.74, 6) is -2.79. The summed E-state index contributed by atoms with van der Waals surface area (Å²) in [6.45, 7) is 3.39. The third-order valence-corrected chi connectivity index (χ3v) is 2.27. The molecule has 0 atom stereocenters. The number of aromatic nitrogens is 1. The van der Waals surface area contributed by atoms with E-state index >= 15 is 0 Å². The zero-order chi connectivity index (χ0) is 13.3. The summed E-state index contributed by atoms with van der Waals surface area (Å²) in [6.07, 6.45) is 1.12. The lowest BCUT2D eigenvalue weighted by molar-refractivity contribution is 0.0974. The van der Waals surface area contributed by atoms with Crippen molar-refractivity contribution in [3.63, 3.8) is 0 Å². The van der Waals surface area contributed by atoms with Gasteiger partial charge in [0.2, 0.25) is 5.43 Å². The van der Waals surface area contributed by atoms with Crippen LogP contribution in [0.1, 0.15) is 40.7 Å². The smallest absolute Gasteiger partial charge is 0.269 e. The molecule has 0 aromatic carbocycles. The minimum atomic E-state index is -0.997. The van der Waals surface area contributed by atoms with Gasteiger partial charge in [-0.1, -0.05) is 0 Å². The molecule has 2 amide bonds. The maximum atomic E-state index is 11.5. The van der Waals surface area contributed by atoms with E-state index in [0.717, 1.165) is 6.20 Å². The highest BCUT2D eigenvalue weighted by atomic mass is 16.3. The Bertz CT molecular complexity index is 545. The van der Waals surface area contributed by atoms with E-state index in [0.29, 0.717) is 0 Å². The van der Waals surface area contributed by atoms with Gasteiger partial charge in [-0.15, -0.1) is 0 Å². The van der Waals surface area contributed by atoms with E-state index in [1.165, 1.54) is 4.57 Å². The van der Waals surface area contributed by atoms with E-state index in [-0.39, 0.29) is 17.3 Å². The second-order valence-corrected chi connectivity index (χ2v) is 3.80. The third kappa shape index (κ3) is 2.12. The summed E-state index contributed by atoms with van der Waals surface area (Å²) in [6, 6.07) is -0.276. The molecule has 0 aliphatic heterocycles. The average molecular weight is 239 g/mol. The molecule has 1 aromatic heterocycles. The van der Waals surface area contributed by atoms with Crippen molar-refractivity contribution in [3.8, 4) is 5.75 Å². The molecule has 0 aliphatic carbocycles. The van der Waals surface area contributed by atoms with Gasteiger partial charge < -0.3 is 21.1 Å². The largest absolute Gasteiger partial charge is 0.503 e. The number of hydrogen-bond acceptors (Lipinski definition) is 4. The molecule has 92 valence electrons. The lowest BCUT2D eigenvalue weighted by Gasteiger charge is -2.16. The Morgan fingerprint density at radius 3 is 2.18 bits per heavy atom. The van der Waals surface area contributed by atoms with Gasteiger partial charge in [-0.05, 0) is 13.8 Å². The van der Waals surface area contributed by atoms with E-state index in [9.17, 15) is 19.5 Å². The van der Waals surface area contributed by atoms with Crippen LogP contribution in [0.2, 0.25) is 0 Å². The maximum Gasteiger partial charge on any atom is 0.269 e. The van der Waals surface area contributed by atoms with Gasteiger partial charge in [-0.25, -0.2) is 0 Å². The van der Waals surface area contributed by atoms with Crippen molar-refractivity contribution >= 4 is 11.8 Å². The summed E-state index contributed by atoms with van der Waals surface area (Å²) in [7, 11) is 0. The van der Waals surface area contributed by atoms with Crippen molar-refractivity contribution in [2.45, 2.75) is 19.9 Å². The van der Waals surface area contributed by atoms with Crippen molar-refractivity contribution in [2.75, 3.05) is 0 Å². The molecule has 5 N–H and O–H groups in total. The Labute approximate surface area is 96.6 Å². The number of rotatable bonds is 3. The van der Waals surface area contributed by atoms with Crippen LogP contribution >= 0.6 is 0 Å². The molecule has 0 saturated carbocycles. The topological polar surface area (TPSA) is 128 Å². The zero-order valence-corrected chi connectivity index (χ0v) is 9.43. The van der Waals surface area contributed by atoms with Crippen LogP contribution in [-0.2, 0) is 0 Å². The van der Waals surface area contributed by atoms with E-state index < -0.39 is 23.0 Å². The zero-order valence-electron chi connectivity index (χ0n) is 9.43. The van der Waals surface area contributed by atoms with Crippen molar-refractivity contribution in [1.29, 1.82) is 0 Å². The monoisotopic (exact) mass is 239 g/mol. The second-order valence-electron chi connectivity index (χ2n) is 3.80. The van der Waals surface area contributed by atoms with Crippen LogP contribution in [0, 0.1) is 0 Å². The summed E-state index contributed by atoms with van der Waals surface area (Å²) in [5, 5.41) is 9.59. The summed E-state index contributed by atoms with van der Waals surface area (Å²) < 4.78 is 1.24. The lowest BCUT2D eigenvalue weighted by atomic mass is 10.1. The molecular weight excluding hydrogens is 226 g/mol. The predicted molar refractivity (Wildman–Crippen MR) is 59.8 cm³/mol. The number of pyridine rings is 1. The first-order valence-electron chi connectivity index (χ1n) is 4.85. The van der Waals surface area contributed by atoms with Gasteiger partial charge in [0.25, 0.3) is 11.8 Å². The molecule has 17 heavy (non-hydrogen) atoms. The number of hydrogen-bond donors (Lipinski definition) is 3. The summed E-state index contributed by atoms with van der Waals surface area (Å²) in [4.78, 5) is 33.7. The van der Waals surface area contributed by atoms with E-state index in [4.69, 9.17) is 11.5 Å². The normalized spacial score (nSPS) is 10.5. The Morgan fingerprint density at radius 2 is 1.82 bits per heavy atom. The standard InChI is InChI=1S/C10H13N3O4/c1-4(2)13-3-5(9(11)16)7(14)8(15)6(13)10(12)17/h3-4,15H,1-2H3,(H2,11,16)(H2,12,17). The fourth-order valence-corrected chi connectivity index (χ4v) is 1.45. The van der Waals surface area contributed by atoms with Gasteiger partial charge >= 0.3 is 0 Å². The molecule has 0 spiro atoms. The molecule has 1 aromatic rings. The van der Waals surface area contributed by atoms with E-state index in [1.807, 2.05) is 0 Å². The molecule has 0 bridgehead atoms.